The molecule has 2 heterocycles. The van der Waals surface area contributed by atoms with Gasteiger partial charge in [-0.15, -0.1) is 0 Å². The SMILES string of the molecule is CC1(c2ncc(C(=O)O)o2)CCOC1. The first-order valence-corrected chi connectivity index (χ1v) is 4.39. The van der Waals surface area contributed by atoms with Gasteiger partial charge in [-0.2, -0.15) is 0 Å². The Morgan fingerprint density at radius 3 is 3.00 bits per heavy atom. The van der Waals surface area contributed by atoms with E-state index in [-0.39, 0.29) is 11.2 Å². The highest BCUT2D eigenvalue weighted by Crippen LogP contribution is 2.31. The summed E-state index contributed by atoms with van der Waals surface area (Å²) in [5, 5.41) is 8.66. The normalized spacial score (nSPS) is 26.6. The Hall–Kier alpha value is -1.36. The predicted octanol–water partition coefficient (Wildman–Crippen LogP) is 1.05. The second-order valence-corrected chi connectivity index (χ2v) is 3.70. The molecular weight excluding hydrogens is 186 g/mol. The molecule has 1 aliphatic rings. The summed E-state index contributed by atoms with van der Waals surface area (Å²) in [5.41, 5.74) is -0.270. The standard InChI is InChI=1S/C9H11NO4/c1-9(2-3-13-5-9)8-10-4-6(14-8)7(11)12/h4H,2-3,5H2,1H3,(H,11,12). The number of carbonyl (C=O) groups is 1. The summed E-state index contributed by atoms with van der Waals surface area (Å²) >= 11 is 0. The topological polar surface area (TPSA) is 72.6 Å². The van der Waals surface area contributed by atoms with Crippen LogP contribution >= 0.6 is 0 Å². The maximum Gasteiger partial charge on any atom is 0.373 e. The average molecular weight is 197 g/mol. The van der Waals surface area contributed by atoms with Crippen molar-refractivity contribution in [1.82, 2.24) is 4.98 Å². The highest BCUT2D eigenvalue weighted by atomic mass is 16.5. The predicted molar refractivity (Wildman–Crippen MR) is 46.3 cm³/mol. The monoisotopic (exact) mass is 197 g/mol. The molecule has 1 aromatic heterocycles. The Labute approximate surface area is 80.7 Å². The molecule has 1 aromatic rings. The number of carboxylic acids is 1. The summed E-state index contributed by atoms with van der Waals surface area (Å²) in [6.07, 6.45) is 2.05. The van der Waals surface area contributed by atoms with Crippen molar-refractivity contribution in [2.45, 2.75) is 18.8 Å². The van der Waals surface area contributed by atoms with E-state index in [1.54, 1.807) is 0 Å². The molecule has 1 saturated heterocycles. The van der Waals surface area contributed by atoms with Gasteiger partial charge in [0.25, 0.3) is 0 Å². The summed E-state index contributed by atoms with van der Waals surface area (Å²) in [7, 11) is 0. The molecule has 0 saturated carbocycles. The molecule has 5 heteroatoms. The number of hydrogen-bond donors (Lipinski definition) is 1. The van der Waals surface area contributed by atoms with Gasteiger partial charge in [-0.05, 0) is 13.3 Å². The van der Waals surface area contributed by atoms with Crippen molar-refractivity contribution >= 4 is 5.97 Å². The van der Waals surface area contributed by atoms with Crippen LogP contribution < -0.4 is 0 Å². The van der Waals surface area contributed by atoms with Crippen molar-refractivity contribution < 1.29 is 19.1 Å². The van der Waals surface area contributed by atoms with Gasteiger partial charge in [-0.1, -0.05) is 0 Å². The number of ether oxygens (including phenoxy) is 1. The molecule has 0 amide bonds. The van der Waals surface area contributed by atoms with Crippen LogP contribution in [-0.2, 0) is 10.2 Å². The Morgan fingerprint density at radius 1 is 1.71 bits per heavy atom. The van der Waals surface area contributed by atoms with Crippen LogP contribution in [0.2, 0.25) is 0 Å². The number of carboxylic acid groups (broad SMARTS) is 1. The van der Waals surface area contributed by atoms with Gasteiger partial charge in [0.05, 0.1) is 18.2 Å². The number of aromatic nitrogens is 1. The Balaban J connectivity index is 2.28. The molecule has 14 heavy (non-hydrogen) atoms. The third kappa shape index (κ3) is 1.39. The molecule has 1 atom stereocenters. The molecule has 0 bridgehead atoms. The average Bonchev–Trinajstić information content (AvgIpc) is 2.71. The van der Waals surface area contributed by atoms with Gasteiger partial charge in [0, 0.05) is 6.61 Å². The molecular formula is C9H11NO4. The first-order chi connectivity index (χ1) is 6.62. The van der Waals surface area contributed by atoms with Gasteiger partial charge in [-0.3, -0.25) is 0 Å². The Morgan fingerprint density at radius 2 is 2.50 bits per heavy atom. The zero-order valence-electron chi connectivity index (χ0n) is 7.82. The highest BCUT2D eigenvalue weighted by molar-refractivity contribution is 5.83. The van der Waals surface area contributed by atoms with E-state index in [1.165, 1.54) is 6.20 Å². The molecule has 0 radical (unpaired) electrons. The zero-order chi connectivity index (χ0) is 10.2. The zero-order valence-corrected chi connectivity index (χ0v) is 7.82. The van der Waals surface area contributed by atoms with Crippen LogP contribution in [0.3, 0.4) is 0 Å². The van der Waals surface area contributed by atoms with E-state index in [0.29, 0.717) is 19.1 Å². The molecule has 1 aliphatic heterocycles. The maximum atomic E-state index is 10.6. The van der Waals surface area contributed by atoms with E-state index < -0.39 is 5.97 Å². The fourth-order valence-corrected chi connectivity index (χ4v) is 1.49. The lowest BCUT2D eigenvalue weighted by Crippen LogP contribution is -2.22. The quantitative estimate of drug-likeness (QED) is 0.767. The third-order valence-corrected chi connectivity index (χ3v) is 2.45. The molecule has 0 aromatic carbocycles. The fourth-order valence-electron chi connectivity index (χ4n) is 1.49. The van der Waals surface area contributed by atoms with Crippen molar-refractivity contribution in [3.8, 4) is 0 Å². The van der Waals surface area contributed by atoms with Crippen molar-refractivity contribution in [3.05, 3.63) is 17.8 Å². The van der Waals surface area contributed by atoms with E-state index in [9.17, 15) is 4.79 Å². The molecule has 0 spiro atoms. The molecule has 5 nitrogen and oxygen atoms in total. The van der Waals surface area contributed by atoms with Crippen LogP contribution in [0.5, 0.6) is 0 Å². The number of aromatic carboxylic acids is 1. The van der Waals surface area contributed by atoms with Crippen LogP contribution in [0.1, 0.15) is 29.8 Å². The van der Waals surface area contributed by atoms with Gasteiger partial charge in [0.15, 0.2) is 0 Å². The van der Waals surface area contributed by atoms with E-state index in [0.717, 1.165) is 6.42 Å². The fraction of sp³-hybridized carbons (Fsp3) is 0.556. The van der Waals surface area contributed by atoms with Crippen LogP contribution in [0.4, 0.5) is 0 Å². The number of rotatable bonds is 2. The van der Waals surface area contributed by atoms with Crippen molar-refractivity contribution in [2.75, 3.05) is 13.2 Å². The van der Waals surface area contributed by atoms with Crippen LogP contribution in [0.25, 0.3) is 0 Å². The smallest absolute Gasteiger partial charge is 0.373 e. The van der Waals surface area contributed by atoms with Gasteiger partial charge in [0.2, 0.25) is 11.7 Å². The van der Waals surface area contributed by atoms with E-state index in [2.05, 4.69) is 4.98 Å². The summed E-state index contributed by atoms with van der Waals surface area (Å²) in [6, 6.07) is 0. The summed E-state index contributed by atoms with van der Waals surface area (Å²) in [4.78, 5) is 14.5. The van der Waals surface area contributed by atoms with Crippen molar-refractivity contribution in [2.24, 2.45) is 0 Å². The van der Waals surface area contributed by atoms with Gasteiger partial charge in [-0.25, -0.2) is 9.78 Å². The lowest BCUT2D eigenvalue weighted by molar-refractivity contribution is 0.0657. The number of oxazole rings is 1. The first kappa shape index (κ1) is 9.21. The Bertz CT molecular complexity index is 351. The van der Waals surface area contributed by atoms with Gasteiger partial charge in [0.1, 0.15) is 0 Å². The summed E-state index contributed by atoms with van der Waals surface area (Å²) in [5.74, 6) is -0.758. The third-order valence-electron chi connectivity index (χ3n) is 2.45. The molecule has 1 unspecified atom stereocenters. The van der Waals surface area contributed by atoms with Gasteiger partial charge < -0.3 is 14.3 Å². The van der Waals surface area contributed by atoms with Crippen LogP contribution in [-0.4, -0.2) is 29.3 Å². The lowest BCUT2D eigenvalue weighted by atomic mass is 9.90. The number of hydrogen-bond acceptors (Lipinski definition) is 4. The second kappa shape index (κ2) is 3.09. The first-order valence-electron chi connectivity index (χ1n) is 4.39. The van der Waals surface area contributed by atoms with E-state index >= 15 is 0 Å². The lowest BCUT2D eigenvalue weighted by Gasteiger charge is -2.15. The summed E-state index contributed by atoms with van der Waals surface area (Å²) < 4.78 is 10.4. The second-order valence-electron chi connectivity index (χ2n) is 3.70. The number of nitrogens with zero attached hydrogens (tertiary/aromatic N) is 1. The molecule has 76 valence electrons. The maximum absolute atomic E-state index is 10.6. The highest BCUT2D eigenvalue weighted by Gasteiger charge is 2.36. The molecule has 1 N–H and O–H groups in total. The Kier molecular flexibility index (Phi) is 2.03. The summed E-state index contributed by atoms with van der Waals surface area (Å²) in [6.45, 7) is 3.16. The van der Waals surface area contributed by atoms with Crippen LogP contribution in [0.15, 0.2) is 10.6 Å². The van der Waals surface area contributed by atoms with E-state index in [4.69, 9.17) is 14.3 Å². The molecule has 0 aliphatic carbocycles. The van der Waals surface area contributed by atoms with E-state index in [1.807, 2.05) is 6.92 Å². The molecule has 2 rings (SSSR count). The minimum absolute atomic E-state index is 0.117. The van der Waals surface area contributed by atoms with Crippen molar-refractivity contribution in [1.29, 1.82) is 0 Å². The largest absolute Gasteiger partial charge is 0.475 e. The molecule has 1 fully saturated rings. The minimum Gasteiger partial charge on any atom is -0.475 e. The van der Waals surface area contributed by atoms with Crippen LogP contribution in [0, 0.1) is 0 Å². The minimum atomic E-state index is -1.09. The van der Waals surface area contributed by atoms with Crippen molar-refractivity contribution in [3.63, 3.8) is 0 Å². The van der Waals surface area contributed by atoms with Gasteiger partial charge >= 0.3 is 5.97 Å².